The highest BCUT2D eigenvalue weighted by Crippen LogP contribution is 2.12. The number of hydrogen-bond donors (Lipinski definition) is 2. The molecule has 2 N–H and O–H groups in total. The minimum Gasteiger partial charge on any atom is -0.508 e. The predicted molar refractivity (Wildman–Crippen MR) is 61.3 cm³/mol. The van der Waals surface area contributed by atoms with Gasteiger partial charge in [0.1, 0.15) is 11.8 Å². The lowest BCUT2D eigenvalue weighted by atomic mass is 10.1. The van der Waals surface area contributed by atoms with E-state index in [9.17, 15) is 9.90 Å². The van der Waals surface area contributed by atoms with Gasteiger partial charge in [0, 0.05) is 0 Å². The van der Waals surface area contributed by atoms with Gasteiger partial charge in [-0.2, -0.15) is 0 Å². The number of benzene rings is 1. The second kappa shape index (κ2) is 6.12. The van der Waals surface area contributed by atoms with Crippen molar-refractivity contribution in [3.8, 4) is 5.75 Å². The number of likely N-dealkylation sites (N-methyl/N-ethyl adjacent to an activating group) is 1. The summed E-state index contributed by atoms with van der Waals surface area (Å²) >= 11 is 0. The molecule has 0 amide bonds. The fourth-order valence-corrected chi connectivity index (χ4v) is 1.47. The van der Waals surface area contributed by atoms with Gasteiger partial charge in [-0.25, -0.2) is 0 Å². The highest BCUT2D eigenvalue weighted by molar-refractivity contribution is 5.76. The highest BCUT2D eigenvalue weighted by Gasteiger charge is 2.17. The first-order valence-electron chi connectivity index (χ1n) is 5.29. The van der Waals surface area contributed by atoms with E-state index in [4.69, 9.17) is 4.74 Å². The molecule has 0 saturated heterocycles. The Kier molecular flexibility index (Phi) is 4.79. The normalized spacial score (nSPS) is 12.1. The topological polar surface area (TPSA) is 58.6 Å². The van der Waals surface area contributed by atoms with E-state index in [-0.39, 0.29) is 17.8 Å². The number of nitrogens with one attached hydrogen (secondary N) is 1. The Balaban J connectivity index is 2.66. The zero-order valence-corrected chi connectivity index (χ0v) is 9.56. The number of rotatable bonds is 5. The van der Waals surface area contributed by atoms with Crippen LogP contribution in [0.1, 0.15) is 12.5 Å². The summed E-state index contributed by atoms with van der Waals surface area (Å²) in [6.45, 7) is 2.15. The van der Waals surface area contributed by atoms with E-state index < -0.39 is 0 Å². The molecular formula is C12H17NO3. The van der Waals surface area contributed by atoms with Gasteiger partial charge >= 0.3 is 5.97 Å². The summed E-state index contributed by atoms with van der Waals surface area (Å²) in [5.74, 6) is -0.0652. The second-order valence-corrected chi connectivity index (χ2v) is 3.47. The standard InChI is InChI=1S/C12H17NO3/c1-3-16-12(15)11(13-2)8-9-5-4-6-10(14)7-9/h4-7,11,13-14H,3,8H2,1-2H3. The maximum Gasteiger partial charge on any atom is 0.323 e. The first-order chi connectivity index (χ1) is 7.67. The molecule has 0 aliphatic heterocycles. The van der Waals surface area contributed by atoms with E-state index in [0.717, 1.165) is 5.56 Å². The Hall–Kier alpha value is -1.55. The summed E-state index contributed by atoms with van der Waals surface area (Å²) in [6.07, 6.45) is 0.504. The highest BCUT2D eigenvalue weighted by atomic mass is 16.5. The average molecular weight is 223 g/mol. The number of phenols is 1. The molecule has 1 aromatic rings. The van der Waals surface area contributed by atoms with Crippen LogP contribution in [0.3, 0.4) is 0 Å². The molecule has 16 heavy (non-hydrogen) atoms. The lowest BCUT2D eigenvalue weighted by Gasteiger charge is -2.14. The molecule has 0 saturated carbocycles. The molecule has 1 atom stereocenters. The smallest absolute Gasteiger partial charge is 0.323 e. The number of hydrogen-bond acceptors (Lipinski definition) is 4. The molecule has 0 heterocycles. The summed E-state index contributed by atoms with van der Waals surface area (Å²) in [5, 5.41) is 12.2. The average Bonchev–Trinajstić information content (AvgIpc) is 2.26. The van der Waals surface area contributed by atoms with Crippen LogP contribution < -0.4 is 5.32 Å². The number of aromatic hydroxyl groups is 1. The SMILES string of the molecule is CCOC(=O)C(Cc1cccc(O)c1)NC. The van der Waals surface area contributed by atoms with Crippen LogP contribution in [0.25, 0.3) is 0 Å². The van der Waals surface area contributed by atoms with E-state index in [1.807, 2.05) is 6.07 Å². The zero-order chi connectivity index (χ0) is 12.0. The monoisotopic (exact) mass is 223 g/mol. The molecule has 0 fully saturated rings. The minimum atomic E-state index is -0.373. The van der Waals surface area contributed by atoms with Crippen LogP contribution in [-0.4, -0.2) is 30.8 Å². The molecule has 0 spiro atoms. The van der Waals surface area contributed by atoms with Gasteiger partial charge in [-0.05, 0) is 38.1 Å². The van der Waals surface area contributed by atoms with E-state index in [0.29, 0.717) is 13.0 Å². The number of phenolic OH excluding ortho intramolecular Hbond substituents is 1. The van der Waals surface area contributed by atoms with Gasteiger partial charge in [0.2, 0.25) is 0 Å². The van der Waals surface area contributed by atoms with Crippen molar-refractivity contribution in [1.29, 1.82) is 0 Å². The van der Waals surface area contributed by atoms with Gasteiger partial charge in [0.05, 0.1) is 6.61 Å². The molecule has 1 aromatic carbocycles. The van der Waals surface area contributed by atoms with E-state index in [1.54, 1.807) is 32.2 Å². The first kappa shape index (κ1) is 12.5. The van der Waals surface area contributed by atoms with Gasteiger partial charge in [0.15, 0.2) is 0 Å². The zero-order valence-electron chi connectivity index (χ0n) is 9.56. The molecule has 1 rings (SSSR count). The van der Waals surface area contributed by atoms with Crippen LogP contribution in [0.15, 0.2) is 24.3 Å². The third-order valence-corrected chi connectivity index (χ3v) is 2.27. The van der Waals surface area contributed by atoms with Crippen molar-refractivity contribution < 1.29 is 14.6 Å². The molecular weight excluding hydrogens is 206 g/mol. The van der Waals surface area contributed by atoms with E-state index in [1.165, 1.54) is 0 Å². The summed E-state index contributed by atoms with van der Waals surface area (Å²) in [7, 11) is 1.71. The molecule has 4 nitrogen and oxygen atoms in total. The van der Waals surface area contributed by atoms with Crippen molar-refractivity contribution >= 4 is 5.97 Å². The lowest BCUT2D eigenvalue weighted by molar-refractivity contribution is -0.145. The largest absolute Gasteiger partial charge is 0.508 e. The Morgan fingerprint density at radius 2 is 2.31 bits per heavy atom. The second-order valence-electron chi connectivity index (χ2n) is 3.47. The molecule has 88 valence electrons. The minimum absolute atomic E-state index is 0.205. The number of ether oxygens (including phenoxy) is 1. The number of esters is 1. The Labute approximate surface area is 95.2 Å². The number of carbonyl (C=O) groups excluding carboxylic acids is 1. The molecule has 0 radical (unpaired) electrons. The molecule has 0 aromatic heterocycles. The molecule has 0 aliphatic rings. The van der Waals surface area contributed by atoms with Crippen LogP contribution in [0.4, 0.5) is 0 Å². The van der Waals surface area contributed by atoms with Gasteiger partial charge in [-0.1, -0.05) is 12.1 Å². The molecule has 1 unspecified atom stereocenters. The Morgan fingerprint density at radius 3 is 2.88 bits per heavy atom. The summed E-state index contributed by atoms with van der Waals surface area (Å²) < 4.78 is 4.93. The van der Waals surface area contributed by atoms with Gasteiger partial charge < -0.3 is 15.2 Å². The van der Waals surface area contributed by atoms with Crippen molar-refractivity contribution in [2.75, 3.05) is 13.7 Å². The number of carbonyl (C=O) groups is 1. The van der Waals surface area contributed by atoms with Crippen LogP contribution in [0.5, 0.6) is 5.75 Å². The molecule has 0 bridgehead atoms. The predicted octanol–water partition coefficient (Wildman–Crippen LogP) is 1.09. The van der Waals surface area contributed by atoms with Crippen molar-refractivity contribution in [3.63, 3.8) is 0 Å². The summed E-state index contributed by atoms with van der Waals surface area (Å²) in [4.78, 5) is 11.5. The van der Waals surface area contributed by atoms with Crippen LogP contribution in [0.2, 0.25) is 0 Å². The fraction of sp³-hybridized carbons (Fsp3) is 0.417. The van der Waals surface area contributed by atoms with Gasteiger partial charge in [-0.3, -0.25) is 4.79 Å². The Morgan fingerprint density at radius 1 is 1.56 bits per heavy atom. The first-order valence-corrected chi connectivity index (χ1v) is 5.29. The third-order valence-electron chi connectivity index (χ3n) is 2.27. The fourth-order valence-electron chi connectivity index (χ4n) is 1.47. The summed E-state index contributed by atoms with van der Waals surface area (Å²) in [6, 6.07) is 6.49. The van der Waals surface area contributed by atoms with Gasteiger partial charge in [-0.15, -0.1) is 0 Å². The van der Waals surface area contributed by atoms with Gasteiger partial charge in [0.25, 0.3) is 0 Å². The maximum absolute atomic E-state index is 11.5. The van der Waals surface area contributed by atoms with E-state index >= 15 is 0 Å². The van der Waals surface area contributed by atoms with E-state index in [2.05, 4.69) is 5.32 Å². The van der Waals surface area contributed by atoms with Crippen LogP contribution in [0, 0.1) is 0 Å². The summed E-state index contributed by atoms with van der Waals surface area (Å²) in [5.41, 5.74) is 0.896. The van der Waals surface area contributed by atoms with Crippen LogP contribution >= 0.6 is 0 Å². The lowest BCUT2D eigenvalue weighted by Crippen LogP contribution is -2.37. The Bertz CT molecular complexity index is 352. The van der Waals surface area contributed by atoms with Crippen molar-refractivity contribution in [2.24, 2.45) is 0 Å². The third kappa shape index (κ3) is 3.55. The molecule has 0 aliphatic carbocycles. The molecule has 4 heteroatoms. The van der Waals surface area contributed by atoms with Crippen molar-refractivity contribution in [2.45, 2.75) is 19.4 Å². The van der Waals surface area contributed by atoms with Crippen molar-refractivity contribution in [3.05, 3.63) is 29.8 Å². The quantitative estimate of drug-likeness (QED) is 0.733. The van der Waals surface area contributed by atoms with Crippen LogP contribution in [-0.2, 0) is 16.0 Å². The maximum atomic E-state index is 11.5. The van der Waals surface area contributed by atoms with Crippen molar-refractivity contribution in [1.82, 2.24) is 5.32 Å².